The molecular weight excluding hydrogens is 388 g/mol. The summed E-state index contributed by atoms with van der Waals surface area (Å²) in [6.45, 7) is 0.712. The van der Waals surface area contributed by atoms with Crippen molar-refractivity contribution >= 4 is 5.91 Å². The van der Waals surface area contributed by atoms with Gasteiger partial charge in [0.25, 0.3) is 0 Å². The summed E-state index contributed by atoms with van der Waals surface area (Å²) in [4.78, 5) is 12.1. The van der Waals surface area contributed by atoms with Crippen LogP contribution in [0.15, 0.2) is 66.7 Å². The second-order valence-corrected chi connectivity index (χ2v) is 6.77. The van der Waals surface area contributed by atoms with E-state index in [1.807, 2.05) is 36.4 Å². The molecule has 3 aromatic rings. The van der Waals surface area contributed by atoms with Crippen molar-refractivity contribution in [1.82, 2.24) is 5.32 Å². The molecule has 30 heavy (non-hydrogen) atoms. The Morgan fingerprint density at radius 1 is 0.933 bits per heavy atom. The van der Waals surface area contributed by atoms with Gasteiger partial charge in [-0.25, -0.2) is 8.78 Å². The lowest BCUT2D eigenvalue weighted by Crippen LogP contribution is -2.23. The molecule has 0 radical (unpaired) electrons. The van der Waals surface area contributed by atoms with E-state index in [1.54, 1.807) is 19.2 Å². The molecule has 3 aromatic carbocycles. The number of ether oxygens (including phenoxy) is 2. The van der Waals surface area contributed by atoms with Gasteiger partial charge in [-0.1, -0.05) is 36.4 Å². The summed E-state index contributed by atoms with van der Waals surface area (Å²) in [5, 5.41) is 2.78. The van der Waals surface area contributed by atoms with Crippen molar-refractivity contribution in [3.8, 4) is 11.5 Å². The van der Waals surface area contributed by atoms with Crippen LogP contribution in [0.25, 0.3) is 0 Å². The third-order valence-electron chi connectivity index (χ3n) is 4.58. The first-order chi connectivity index (χ1) is 14.5. The number of hydrogen-bond acceptors (Lipinski definition) is 3. The maximum atomic E-state index is 13.6. The van der Waals surface area contributed by atoms with Gasteiger partial charge >= 0.3 is 0 Å². The van der Waals surface area contributed by atoms with Crippen LogP contribution in [0.1, 0.15) is 23.1 Å². The average molecular weight is 411 g/mol. The van der Waals surface area contributed by atoms with Crippen molar-refractivity contribution in [2.45, 2.75) is 26.0 Å². The zero-order chi connectivity index (χ0) is 21.3. The number of methoxy groups -OCH3 is 1. The van der Waals surface area contributed by atoms with E-state index in [2.05, 4.69) is 5.32 Å². The molecule has 0 bridgehead atoms. The van der Waals surface area contributed by atoms with Crippen LogP contribution in [0.3, 0.4) is 0 Å². The molecule has 0 aliphatic carbocycles. The second-order valence-electron chi connectivity index (χ2n) is 6.77. The molecule has 0 fully saturated rings. The van der Waals surface area contributed by atoms with E-state index >= 15 is 0 Å². The number of amides is 1. The van der Waals surface area contributed by atoms with Gasteiger partial charge in [-0.3, -0.25) is 4.79 Å². The molecule has 0 aromatic heterocycles. The summed E-state index contributed by atoms with van der Waals surface area (Å²) >= 11 is 0. The number of aryl methyl sites for hydroxylation is 1. The van der Waals surface area contributed by atoms with E-state index in [0.717, 1.165) is 29.3 Å². The van der Waals surface area contributed by atoms with Gasteiger partial charge in [0.15, 0.2) is 11.5 Å². The topological polar surface area (TPSA) is 47.6 Å². The van der Waals surface area contributed by atoms with Crippen LogP contribution in [0.5, 0.6) is 11.5 Å². The summed E-state index contributed by atoms with van der Waals surface area (Å²) in [6.07, 6.45) is 0.195. The molecule has 0 heterocycles. The summed E-state index contributed by atoms with van der Waals surface area (Å²) < 4.78 is 38.1. The highest BCUT2D eigenvalue weighted by Crippen LogP contribution is 2.28. The normalized spacial score (nSPS) is 10.5. The van der Waals surface area contributed by atoms with E-state index < -0.39 is 11.6 Å². The van der Waals surface area contributed by atoms with E-state index in [0.29, 0.717) is 24.7 Å². The van der Waals surface area contributed by atoms with Crippen molar-refractivity contribution in [3.63, 3.8) is 0 Å². The number of rotatable bonds is 9. The highest BCUT2D eigenvalue weighted by Gasteiger charge is 2.10. The van der Waals surface area contributed by atoms with Crippen molar-refractivity contribution in [3.05, 3.63) is 95.1 Å². The fourth-order valence-electron chi connectivity index (χ4n) is 2.95. The van der Waals surface area contributed by atoms with Crippen molar-refractivity contribution in [2.24, 2.45) is 0 Å². The molecule has 3 rings (SSSR count). The summed E-state index contributed by atoms with van der Waals surface area (Å²) in [5.41, 5.74) is 2.07. The summed E-state index contributed by atoms with van der Waals surface area (Å²) in [7, 11) is 1.56. The highest BCUT2D eigenvalue weighted by atomic mass is 19.1. The SMILES string of the molecule is COc1cc(CNC(=O)CCc2cc(F)ccc2F)ccc1OCc1ccccc1. The molecule has 0 aliphatic rings. The fraction of sp³-hybridized carbons (Fsp3) is 0.208. The van der Waals surface area contributed by atoms with Gasteiger partial charge in [0.05, 0.1) is 7.11 Å². The monoisotopic (exact) mass is 411 g/mol. The van der Waals surface area contributed by atoms with Crippen molar-refractivity contribution in [2.75, 3.05) is 7.11 Å². The smallest absolute Gasteiger partial charge is 0.220 e. The van der Waals surface area contributed by atoms with Gasteiger partial charge < -0.3 is 14.8 Å². The zero-order valence-corrected chi connectivity index (χ0v) is 16.7. The van der Waals surface area contributed by atoms with Crippen LogP contribution < -0.4 is 14.8 Å². The molecule has 0 aliphatic heterocycles. The Balaban J connectivity index is 1.52. The largest absolute Gasteiger partial charge is 0.493 e. The van der Waals surface area contributed by atoms with Crippen LogP contribution in [-0.2, 0) is 24.4 Å². The quantitative estimate of drug-likeness (QED) is 0.550. The minimum atomic E-state index is -0.520. The molecule has 1 amide bonds. The predicted octanol–water partition coefficient (Wildman–Crippen LogP) is 4.80. The van der Waals surface area contributed by atoms with Crippen LogP contribution in [-0.4, -0.2) is 13.0 Å². The van der Waals surface area contributed by atoms with Crippen LogP contribution in [0, 0.1) is 11.6 Å². The number of nitrogens with one attached hydrogen (secondary N) is 1. The maximum absolute atomic E-state index is 13.6. The summed E-state index contributed by atoms with van der Waals surface area (Å²) in [5.74, 6) is -0.104. The van der Waals surface area contributed by atoms with E-state index in [9.17, 15) is 13.6 Å². The van der Waals surface area contributed by atoms with Gasteiger partial charge in [0.1, 0.15) is 18.2 Å². The molecule has 0 unspecified atom stereocenters. The average Bonchev–Trinajstić information content (AvgIpc) is 2.77. The standard InChI is InChI=1S/C24H23F2NO3/c1-29-23-13-18(7-11-22(23)30-16-17-5-3-2-4-6-17)15-27-24(28)12-8-19-14-20(25)9-10-21(19)26/h2-7,9-11,13-14H,8,12,15-16H2,1H3,(H,27,28). The lowest BCUT2D eigenvalue weighted by atomic mass is 10.1. The predicted molar refractivity (Wildman–Crippen MR) is 110 cm³/mol. The molecule has 6 heteroatoms. The van der Waals surface area contributed by atoms with Crippen molar-refractivity contribution < 1.29 is 23.0 Å². The lowest BCUT2D eigenvalue weighted by Gasteiger charge is -2.13. The molecule has 0 saturated heterocycles. The van der Waals surface area contributed by atoms with Gasteiger partial charge in [-0.2, -0.15) is 0 Å². The fourth-order valence-corrected chi connectivity index (χ4v) is 2.95. The maximum Gasteiger partial charge on any atom is 0.220 e. The first-order valence-electron chi connectivity index (χ1n) is 9.59. The Morgan fingerprint density at radius 3 is 2.50 bits per heavy atom. The third kappa shape index (κ3) is 6.04. The van der Waals surface area contributed by atoms with E-state index in [4.69, 9.17) is 9.47 Å². The lowest BCUT2D eigenvalue weighted by molar-refractivity contribution is -0.121. The van der Waals surface area contributed by atoms with Crippen molar-refractivity contribution in [1.29, 1.82) is 0 Å². The van der Waals surface area contributed by atoms with Gasteiger partial charge in [0, 0.05) is 13.0 Å². The minimum absolute atomic E-state index is 0.0653. The van der Waals surface area contributed by atoms with Crippen LogP contribution in [0.4, 0.5) is 8.78 Å². The number of carbonyl (C=O) groups excluding carboxylic acids is 1. The second kappa shape index (κ2) is 10.4. The Kier molecular flexibility index (Phi) is 7.38. The number of halogens is 2. The third-order valence-corrected chi connectivity index (χ3v) is 4.58. The highest BCUT2D eigenvalue weighted by molar-refractivity contribution is 5.76. The Labute approximate surface area is 174 Å². The van der Waals surface area contributed by atoms with Crippen LogP contribution in [0.2, 0.25) is 0 Å². The Morgan fingerprint density at radius 2 is 1.73 bits per heavy atom. The molecule has 4 nitrogen and oxygen atoms in total. The van der Waals surface area contributed by atoms with Crippen LogP contribution >= 0.6 is 0 Å². The van der Waals surface area contributed by atoms with Gasteiger partial charge in [-0.15, -0.1) is 0 Å². The first kappa shape index (κ1) is 21.3. The van der Waals surface area contributed by atoms with E-state index in [-0.39, 0.29) is 24.3 Å². The van der Waals surface area contributed by atoms with E-state index in [1.165, 1.54) is 0 Å². The van der Waals surface area contributed by atoms with Gasteiger partial charge in [0.2, 0.25) is 5.91 Å². The number of benzene rings is 3. The summed E-state index contributed by atoms with van der Waals surface area (Å²) in [6, 6.07) is 18.5. The molecule has 156 valence electrons. The minimum Gasteiger partial charge on any atom is -0.493 e. The van der Waals surface area contributed by atoms with Gasteiger partial charge in [-0.05, 0) is 53.4 Å². The first-order valence-corrected chi connectivity index (χ1v) is 9.59. The Bertz CT molecular complexity index is 993. The number of carbonyl (C=O) groups is 1. The molecular formula is C24H23F2NO3. The zero-order valence-electron chi connectivity index (χ0n) is 16.7. The molecule has 0 saturated carbocycles. The number of hydrogen-bond donors (Lipinski definition) is 1. The molecule has 0 atom stereocenters. The molecule has 1 N–H and O–H groups in total. The Hall–Kier alpha value is -3.41. The molecule has 0 spiro atoms.